The van der Waals surface area contributed by atoms with E-state index in [0.29, 0.717) is 11.4 Å². The molecule has 8 heteroatoms. The second kappa shape index (κ2) is 10.0. The van der Waals surface area contributed by atoms with Gasteiger partial charge in [0.2, 0.25) is 0 Å². The topological polar surface area (TPSA) is 125 Å². The van der Waals surface area contributed by atoms with Crippen LogP contribution in [0, 0.1) is 0 Å². The molecule has 1 amide bonds. The fourth-order valence-electron chi connectivity index (χ4n) is 3.59. The predicted molar refractivity (Wildman–Crippen MR) is 132 cm³/mol. The SMILES string of the molecule is CC(C)N=C(N)NC(=O)c1cc2ccccc2[nH]1.CC(C)n1c(C(=O)O)cc2ccccc21. The Bertz CT molecular complexity index is 1280. The number of carbonyl (C=O) groups is 2. The number of fused-ring (bicyclic) bond motifs is 2. The van der Waals surface area contributed by atoms with Crippen LogP contribution in [0.15, 0.2) is 65.7 Å². The van der Waals surface area contributed by atoms with Crippen molar-refractivity contribution in [2.24, 2.45) is 10.7 Å². The molecule has 0 atom stereocenters. The quantitative estimate of drug-likeness (QED) is 0.271. The van der Waals surface area contributed by atoms with E-state index in [9.17, 15) is 9.59 Å². The van der Waals surface area contributed by atoms with Crippen molar-refractivity contribution in [1.82, 2.24) is 14.9 Å². The summed E-state index contributed by atoms with van der Waals surface area (Å²) in [5.74, 6) is -1.03. The van der Waals surface area contributed by atoms with Gasteiger partial charge in [-0.3, -0.25) is 15.1 Å². The third kappa shape index (κ3) is 5.60. The van der Waals surface area contributed by atoms with E-state index in [1.165, 1.54) is 0 Å². The van der Waals surface area contributed by atoms with E-state index in [0.717, 1.165) is 21.8 Å². The van der Waals surface area contributed by atoms with Gasteiger partial charge >= 0.3 is 5.97 Å². The molecule has 0 aliphatic carbocycles. The summed E-state index contributed by atoms with van der Waals surface area (Å²) in [6.45, 7) is 7.75. The number of nitrogens with zero attached hydrogens (tertiary/aromatic N) is 2. The molecule has 0 bridgehead atoms. The number of aliphatic imine (C=N–C) groups is 1. The number of hydrogen-bond donors (Lipinski definition) is 4. The Balaban J connectivity index is 0.000000189. The molecule has 2 heterocycles. The number of aromatic carboxylic acids is 1. The largest absolute Gasteiger partial charge is 0.477 e. The highest BCUT2D eigenvalue weighted by atomic mass is 16.4. The normalized spacial score (nSPS) is 11.6. The molecule has 4 rings (SSSR count). The molecule has 0 saturated carbocycles. The minimum atomic E-state index is -0.875. The number of benzene rings is 2. The second-order valence-electron chi connectivity index (χ2n) is 8.19. The maximum absolute atomic E-state index is 11.9. The lowest BCUT2D eigenvalue weighted by molar-refractivity contribution is 0.0683. The summed E-state index contributed by atoms with van der Waals surface area (Å²) in [4.78, 5) is 30.1. The molecule has 0 aliphatic heterocycles. The Morgan fingerprint density at radius 3 is 2.24 bits per heavy atom. The van der Waals surface area contributed by atoms with Crippen molar-refractivity contribution in [1.29, 1.82) is 0 Å². The third-order valence-corrected chi connectivity index (χ3v) is 4.90. The van der Waals surface area contributed by atoms with Gasteiger partial charge in [0.25, 0.3) is 5.91 Å². The number of H-pyrrole nitrogens is 1. The average molecular weight is 448 g/mol. The predicted octanol–water partition coefficient (Wildman–Crippen LogP) is 4.54. The van der Waals surface area contributed by atoms with Crippen LogP contribution in [0.3, 0.4) is 0 Å². The number of carboxylic acids is 1. The Hall–Kier alpha value is -4.07. The number of carbonyl (C=O) groups excluding carboxylic acids is 1. The van der Waals surface area contributed by atoms with Gasteiger partial charge in [-0.05, 0) is 52.0 Å². The summed E-state index contributed by atoms with van der Waals surface area (Å²) in [6.07, 6.45) is 0. The van der Waals surface area contributed by atoms with Crippen LogP contribution in [-0.4, -0.2) is 38.5 Å². The smallest absolute Gasteiger partial charge is 0.352 e. The molecule has 0 saturated heterocycles. The highest BCUT2D eigenvalue weighted by Crippen LogP contribution is 2.23. The van der Waals surface area contributed by atoms with Crippen molar-refractivity contribution in [3.05, 3.63) is 72.1 Å². The van der Waals surface area contributed by atoms with Crippen LogP contribution in [0.2, 0.25) is 0 Å². The van der Waals surface area contributed by atoms with E-state index in [1.807, 2.05) is 80.8 Å². The summed E-state index contributed by atoms with van der Waals surface area (Å²) in [6, 6.07) is 19.1. The number of para-hydroxylation sites is 2. The van der Waals surface area contributed by atoms with Gasteiger partial charge in [-0.2, -0.15) is 0 Å². The number of aromatic nitrogens is 2. The number of guanidine groups is 1. The Labute approximate surface area is 192 Å². The molecule has 0 unspecified atom stereocenters. The second-order valence-corrected chi connectivity index (χ2v) is 8.19. The lowest BCUT2D eigenvalue weighted by Crippen LogP contribution is -2.37. The van der Waals surface area contributed by atoms with E-state index < -0.39 is 5.97 Å². The van der Waals surface area contributed by atoms with Crippen LogP contribution in [0.25, 0.3) is 21.8 Å². The zero-order valence-corrected chi connectivity index (χ0v) is 19.2. The molecule has 2 aromatic heterocycles. The third-order valence-electron chi connectivity index (χ3n) is 4.90. The lowest BCUT2D eigenvalue weighted by atomic mass is 10.2. The molecule has 5 N–H and O–H groups in total. The van der Waals surface area contributed by atoms with Crippen LogP contribution in [0.5, 0.6) is 0 Å². The molecule has 0 fully saturated rings. The first-order valence-corrected chi connectivity index (χ1v) is 10.7. The number of amides is 1. The van der Waals surface area contributed by atoms with Gasteiger partial charge in [0, 0.05) is 33.9 Å². The minimum absolute atomic E-state index is 0.0491. The van der Waals surface area contributed by atoms with Crippen LogP contribution < -0.4 is 11.1 Å². The molecule has 0 aliphatic rings. The summed E-state index contributed by atoms with van der Waals surface area (Å²) >= 11 is 0. The Morgan fingerprint density at radius 1 is 1.00 bits per heavy atom. The van der Waals surface area contributed by atoms with E-state index in [-0.39, 0.29) is 24.0 Å². The van der Waals surface area contributed by atoms with Crippen molar-refractivity contribution >= 4 is 39.6 Å². The van der Waals surface area contributed by atoms with Crippen LogP contribution >= 0.6 is 0 Å². The van der Waals surface area contributed by atoms with Crippen molar-refractivity contribution < 1.29 is 14.7 Å². The number of hydrogen-bond acceptors (Lipinski definition) is 3. The first-order chi connectivity index (χ1) is 15.7. The number of nitrogens with two attached hydrogens (primary N) is 1. The first-order valence-electron chi connectivity index (χ1n) is 10.7. The summed E-state index contributed by atoms with van der Waals surface area (Å²) in [5, 5.41) is 13.6. The highest BCUT2D eigenvalue weighted by Gasteiger charge is 2.15. The fourth-order valence-corrected chi connectivity index (χ4v) is 3.59. The zero-order chi connectivity index (χ0) is 24.1. The van der Waals surface area contributed by atoms with Gasteiger partial charge in [-0.25, -0.2) is 4.79 Å². The first kappa shape index (κ1) is 23.6. The van der Waals surface area contributed by atoms with Gasteiger partial charge in [0.05, 0.1) is 0 Å². The number of aromatic amines is 1. The van der Waals surface area contributed by atoms with Crippen LogP contribution in [-0.2, 0) is 0 Å². The van der Waals surface area contributed by atoms with Gasteiger partial charge < -0.3 is 20.4 Å². The van der Waals surface area contributed by atoms with E-state index in [4.69, 9.17) is 10.8 Å². The molecule has 2 aromatic carbocycles. The highest BCUT2D eigenvalue weighted by molar-refractivity contribution is 6.06. The van der Waals surface area contributed by atoms with Crippen molar-refractivity contribution in [3.8, 4) is 0 Å². The minimum Gasteiger partial charge on any atom is -0.477 e. The lowest BCUT2D eigenvalue weighted by Gasteiger charge is -2.11. The zero-order valence-electron chi connectivity index (χ0n) is 19.2. The number of rotatable bonds is 4. The average Bonchev–Trinajstić information content (AvgIpc) is 3.35. The molecule has 0 spiro atoms. The van der Waals surface area contributed by atoms with Gasteiger partial charge in [-0.1, -0.05) is 36.4 Å². The Morgan fingerprint density at radius 2 is 1.64 bits per heavy atom. The summed E-state index contributed by atoms with van der Waals surface area (Å²) in [7, 11) is 0. The van der Waals surface area contributed by atoms with Gasteiger partial charge in [-0.15, -0.1) is 0 Å². The van der Waals surface area contributed by atoms with E-state index >= 15 is 0 Å². The molecule has 172 valence electrons. The van der Waals surface area contributed by atoms with Gasteiger partial charge in [0.1, 0.15) is 11.4 Å². The molecule has 8 nitrogen and oxygen atoms in total. The van der Waals surface area contributed by atoms with Crippen LogP contribution in [0.4, 0.5) is 0 Å². The van der Waals surface area contributed by atoms with Crippen LogP contribution in [0.1, 0.15) is 54.7 Å². The summed E-state index contributed by atoms with van der Waals surface area (Å²) < 4.78 is 1.84. The van der Waals surface area contributed by atoms with Crippen molar-refractivity contribution in [2.45, 2.75) is 39.8 Å². The summed E-state index contributed by atoms with van der Waals surface area (Å²) in [5.41, 5.74) is 8.33. The fraction of sp³-hybridized carbons (Fsp3) is 0.240. The molecule has 33 heavy (non-hydrogen) atoms. The molecular weight excluding hydrogens is 418 g/mol. The molecule has 4 aromatic rings. The van der Waals surface area contributed by atoms with Gasteiger partial charge in [0.15, 0.2) is 5.96 Å². The monoisotopic (exact) mass is 447 g/mol. The standard InChI is InChI=1S/C13H16N4O.C12H13NO2/c1-8(2)15-13(14)17-12(18)11-7-9-5-3-4-6-10(9)16-11;1-8(2)13-10-6-4-3-5-9(10)7-11(13)12(14)15/h3-8,16H,1-2H3,(H3,14,15,17,18);3-8H,1-2H3,(H,14,15). The van der Waals surface area contributed by atoms with E-state index in [2.05, 4.69) is 15.3 Å². The number of carboxylic acid groups (broad SMARTS) is 1. The van der Waals surface area contributed by atoms with Crippen molar-refractivity contribution in [2.75, 3.05) is 0 Å². The Kier molecular flexibility index (Phi) is 7.17. The molecular formula is C25H29N5O3. The number of nitrogens with one attached hydrogen (secondary N) is 2. The van der Waals surface area contributed by atoms with Crippen molar-refractivity contribution in [3.63, 3.8) is 0 Å². The van der Waals surface area contributed by atoms with E-state index in [1.54, 1.807) is 12.1 Å². The molecule has 0 radical (unpaired) electrons. The maximum atomic E-state index is 11.9. The maximum Gasteiger partial charge on any atom is 0.352 e.